The minimum Gasteiger partial charge on any atom is -0.324 e. The lowest BCUT2D eigenvalue weighted by atomic mass is 9.99. The molecule has 3 aromatic rings. The van der Waals surface area contributed by atoms with Crippen molar-refractivity contribution in [1.29, 1.82) is 0 Å². The number of carbonyl (C=O) groups is 1. The lowest BCUT2D eigenvalue weighted by molar-refractivity contribution is 0.0524. The van der Waals surface area contributed by atoms with Gasteiger partial charge in [0.1, 0.15) is 0 Å². The van der Waals surface area contributed by atoms with Crippen LogP contribution in [0.2, 0.25) is 0 Å². The number of aryl methyl sites for hydroxylation is 1. The summed E-state index contributed by atoms with van der Waals surface area (Å²) in [6.45, 7) is 5.04. The first-order valence-electron chi connectivity index (χ1n) is 8.75. The highest BCUT2D eigenvalue weighted by Crippen LogP contribution is 2.32. The molecule has 10 nitrogen and oxygen atoms in total. The van der Waals surface area contributed by atoms with E-state index in [-0.39, 0.29) is 23.7 Å². The molecule has 0 spiro atoms. The number of hydrogen-bond donors (Lipinski definition) is 1. The highest BCUT2D eigenvalue weighted by molar-refractivity contribution is 5.90. The summed E-state index contributed by atoms with van der Waals surface area (Å²) in [5.41, 5.74) is 0.410. The van der Waals surface area contributed by atoms with E-state index < -0.39 is 5.69 Å². The number of hydrogen-bond acceptors (Lipinski definition) is 6. The Bertz CT molecular complexity index is 1030. The number of rotatable bonds is 3. The van der Waals surface area contributed by atoms with Gasteiger partial charge >= 0.3 is 5.69 Å². The summed E-state index contributed by atoms with van der Waals surface area (Å²) in [5, 5.41) is 8.58. The van der Waals surface area contributed by atoms with Gasteiger partial charge in [0.2, 0.25) is 5.82 Å². The number of aromatic nitrogens is 7. The van der Waals surface area contributed by atoms with E-state index in [1.807, 2.05) is 30.7 Å². The van der Waals surface area contributed by atoms with Crippen LogP contribution in [0.5, 0.6) is 0 Å². The molecule has 4 heterocycles. The Morgan fingerprint density at radius 3 is 2.74 bits per heavy atom. The molecule has 1 aliphatic heterocycles. The number of amides is 1. The Kier molecular flexibility index (Phi) is 4.09. The van der Waals surface area contributed by atoms with Gasteiger partial charge in [0, 0.05) is 31.5 Å². The van der Waals surface area contributed by atoms with Gasteiger partial charge in [-0.3, -0.25) is 14.8 Å². The summed E-state index contributed by atoms with van der Waals surface area (Å²) >= 11 is 0. The number of fused-ring (bicyclic) bond motifs is 1. The summed E-state index contributed by atoms with van der Waals surface area (Å²) in [7, 11) is 1.50. The molecule has 10 heteroatoms. The van der Waals surface area contributed by atoms with E-state index in [2.05, 4.69) is 20.2 Å². The first kappa shape index (κ1) is 17.1. The van der Waals surface area contributed by atoms with Crippen molar-refractivity contribution >= 4 is 5.91 Å². The predicted octanol–water partition coefficient (Wildman–Crippen LogP) is 0.615. The van der Waals surface area contributed by atoms with Gasteiger partial charge in [0.25, 0.3) is 5.91 Å². The summed E-state index contributed by atoms with van der Waals surface area (Å²) in [6.07, 6.45) is 3.41. The van der Waals surface area contributed by atoms with E-state index in [9.17, 15) is 9.59 Å². The van der Waals surface area contributed by atoms with Gasteiger partial charge in [0.15, 0.2) is 11.6 Å². The maximum Gasteiger partial charge on any atom is 0.343 e. The molecule has 0 unspecified atom stereocenters. The fourth-order valence-electron chi connectivity index (χ4n) is 3.36. The first-order valence-corrected chi connectivity index (χ1v) is 8.75. The first-order chi connectivity index (χ1) is 13.0. The Balaban J connectivity index is 1.72. The molecule has 1 amide bonds. The third-order valence-corrected chi connectivity index (χ3v) is 4.64. The molecule has 0 bridgehead atoms. The summed E-state index contributed by atoms with van der Waals surface area (Å²) in [6, 6.07) is 3.47. The molecular weight excluding hydrogens is 348 g/mol. The van der Waals surface area contributed by atoms with E-state index in [1.54, 1.807) is 17.3 Å². The molecule has 0 fully saturated rings. The number of nitrogens with zero attached hydrogens (tertiary/aromatic N) is 7. The van der Waals surface area contributed by atoms with Gasteiger partial charge < -0.3 is 4.90 Å². The molecule has 3 aromatic heterocycles. The predicted molar refractivity (Wildman–Crippen MR) is 95.7 cm³/mol. The van der Waals surface area contributed by atoms with E-state index in [0.29, 0.717) is 18.9 Å². The quantitative estimate of drug-likeness (QED) is 0.725. The van der Waals surface area contributed by atoms with Gasteiger partial charge in [-0.1, -0.05) is 13.8 Å². The topological polar surface area (TPSA) is 115 Å². The van der Waals surface area contributed by atoms with Crippen molar-refractivity contribution in [2.24, 2.45) is 13.0 Å². The van der Waals surface area contributed by atoms with Gasteiger partial charge in [0.05, 0.1) is 12.6 Å². The molecule has 1 aliphatic rings. The average Bonchev–Trinajstić information content (AvgIpc) is 3.24. The highest BCUT2D eigenvalue weighted by atomic mass is 16.2. The summed E-state index contributed by atoms with van der Waals surface area (Å²) in [4.78, 5) is 37.7. The SMILES string of the molecule is CC(C)[C@@H]1c2nc(-c3cccnc3)nn2CCN1C(=O)c1nn(C)c(=O)[nH]1. The van der Waals surface area contributed by atoms with Crippen LogP contribution in [0.4, 0.5) is 0 Å². The fraction of sp³-hybridized carbons (Fsp3) is 0.412. The van der Waals surface area contributed by atoms with E-state index in [1.165, 1.54) is 7.05 Å². The van der Waals surface area contributed by atoms with Crippen LogP contribution in [-0.2, 0) is 13.6 Å². The molecule has 27 heavy (non-hydrogen) atoms. The fourth-order valence-corrected chi connectivity index (χ4v) is 3.36. The Labute approximate surface area is 154 Å². The van der Waals surface area contributed by atoms with Crippen LogP contribution < -0.4 is 5.69 Å². The maximum absolute atomic E-state index is 13.0. The number of nitrogens with one attached hydrogen (secondary N) is 1. The highest BCUT2D eigenvalue weighted by Gasteiger charge is 2.37. The summed E-state index contributed by atoms with van der Waals surface area (Å²) in [5.74, 6) is 1.14. The second-order valence-corrected chi connectivity index (χ2v) is 6.85. The van der Waals surface area contributed by atoms with Crippen LogP contribution >= 0.6 is 0 Å². The van der Waals surface area contributed by atoms with Crippen LogP contribution in [0.25, 0.3) is 11.4 Å². The Hall–Kier alpha value is -3.30. The zero-order valence-corrected chi connectivity index (χ0v) is 15.3. The third kappa shape index (κ3) is 2.92. The minimum atomic E-state index is -0.418. The molecule has 0 aromatic carbocycles. The zero-order chi connectivity index (χ0) is 19.1. The molecular formula is C17H20N8O2. The lowest BCUT2D eigenvalue weighted by Crippen LogP contribution is -2.45. The van der Waals surface area contributed by atoms with Crippen LogP contribution in [0.3, 0.4) is 0 Å². The second-order valence-electron chi connectivity index (χ2n) is 6.85. The van der Waals surface area contributed by atoms with Crippen LogP contribution in [-0.4, -0.2) is 51.9 Å². The van der Waals surface area contributed by atoms with E-state index >= 15 is 0 Å². The molecule has 4 rings (SSSR count). The minimum absolute atomic E-state index is 0.0357. The van der Waals surface area contributed by atoms with Gasteiger partial charge in [-0.2, -0.15) is 5.10 Å². The van der Waals surface area contributed by atoms with Crippen LogP contribution in [0.15, 0.2) is 29.3 Å². The Morgan fingerprint density at radius 1 is 1.30 bits per heavy atom. The van der Waals surface area contributed by atoms with E-state index in [0.717, 1.165) is 16.1 Å². The average molecular weight is 368 g/mol. The largest absolute Gasteiger partial charge is 0.343 e. The molecule has 0 aliphatic carbocycles. The Morgan fingerprint density at radius 2 is 2.11 bits per heavy atom. The molecule has 0 saturated carbocycles. The van der Waals surface area contributed by atoms with Crippen molar-refractivity contribution in [3.63, 3.8) is 0 Å². The summed E-state index contributed by atoms with van der Waals surface area (Å²) < 4.78 is 2.96. The lowest BCUT2D eigenvalue weighted by Gasteiger charge is -2.36. The normalized spacial score (nSPS) is 16.6. The van der Waals surface area contributed by atoms with Crippen molar-refractivity contribution in [2.45, 2.75) is 26.4 Å². The number of carbonyl (C=O) groups excluding carboxylic acids is 1. The van der Waals surface area contributed by atoms with Crippen molar-refractivity contribution in [1.82, 2.24) is 39.4 Å². The van der Waals surface area contributed by atoms with Gasteiger partial charge in [-0.15, -0.1) is 5.10 Å². The van der Waals surface area contributed by atoms with Gasteiger partial charge in [-0.05, 0) is 18.1 Å². The van der Waals surface area contributed by atoms with Crippen molar-refractivity contribution in [3.8, 4) is 11.4 Å². The van der Waals surface area contributed by atoms with Crippen LogP contribution in [0, 0.1) is 5.92 Å². The molecule has 0 radical (unpaired) electrons. The molecule has 140 valence electrons. The smallest absolute Gasteiger partial charge is 0.324 e. The zero-order valence-electron chi connectivity index (χ0n) is 15.3. The van der Waals surface area contributed by atoms with Crippen molar-refractivity contribution < 1.29 is 4.79 Å². The van der Waals surface area contributed by atoms with E-state index in [4.69, 9.17) is 4.98 Å². The van der Waals surface area contributed by atoms with Crippen molar-refractivity contribution in [2.75, 3.05) is 6.54 Å². The molecule has 1 N–H and O–H groups in total. The van der Waals surface area contributed by atoms with Gasteiger partial charge in [-0.25, -0.2) is 19.1 Å². The number of H-pyrrole nitrogens is 1. The van der Waals surface area contributed by atoms with Crippen LogP contribution in [0.1, 0.15) is 36.3 Å². The molecule has 0 saturated heterocycles. The maximum atomic E-state index is 13.0. The number of aromatic amines is 1. The molecule has 1 atom stereocenters. The van der Waals surface area contributed by atoms with Crippen molar-refractivity contribution in [3.05, 3.63) is 46.7 Å². The standard InChI is InChI=1S/C17H20N8O2/c1-10(2)12-15-19-13(11-5-4-6-18-9-11)22-25(15)8-7-24(12)16(26)14-20-17(27)23(3)21-14/h4-6,9-10,12H,7-8H2,1-3H3,(H,20,21,27)/t12-/m1/s1. The second kappa shape index (κ2) is 6.45. The third-order valence-electron chi connectivity index (χ3n) is 4.64. The number of pyridine rings is 1. The monoisotopic (exact) mass is 368 g/mol.